The minimum atomic E-state index is -7.72. The van der Waals surface area contributed by atoms with Crippen molar-refractivity contribution in [3.8, 4) is 0 Å². The summed E-state index contributed by atoms with van der Waals surface area (Å²) < 4.78 is 140. The van der Waals surface area contributed by atoms with E-state index in [4.69, 9.17) is 0 Å². The molecule has 6 nitrogen and oxygen atoms in total. The molecule has 0 saturated carbocycles. The summed E-state index contributed by atoms with van der Waals surface area (Å²) in [5, 5.41) is -17.8. The van der Waals surface area contributed by atoms with Crippen LogP contribution in [0.5, 0.6) is 0 Å². The lowest BCUT2D eigenvalue weighted by molar-refractivity contribution is -0.245. The van der Waals surface area contributed by atoms with Gasteiger partial charge in [0.2, 0.25) is 9.84 Å². The van der Waals surface area contributed by atoms with Crippen molar-refractivity contribution >= 4 is 31.6 Å². The van der Waals surface area contributed by atoms with Crippen LogP contribution < -0.4 is 0 Å². The van der Waals surface area contributed by atoms with Crippen molar-refractivity contribution in [2.24, 2.45) is 10.8 Å². The SMILES string of the molecule is CC(C)(C)C(=O)C(C(=O)C(C)(C)C)S(=O)(=O)C(F)(F)C(F)(F)C(F)(F)S(=O)(=O)F. The van der Waals surface area contributed by atoms with Crippen molar-refractivity contribution in [1.82, 2.24) is 0 Å². The average Bonchev–Trinajstić information content (AvgIpc) is 2.43. The highest BCUT2D eigenvalue weighted by Gasteiger charge is 2.83. The van der Waals surface area contributed by atoms with E-state index in [0.29, 0.717) is 0 Å². The molecule has 0 unspecified atom stereocenters. The number of ketones is 2. The Kier molecular flexibility index (Phi) is 6.86. The maximum Gasteiger partial charge on any atom is 0.443 e. The zero-order valence-electron chi connectivity index (χ0n) is 16.0. The first kappa shape index (κ1) is 27.8. The third kappa shape index (κ3) is 4.44. The molecule has 0 amide bonds. The molecular weight excluding hydrogens is 461 g/mol. The fourth-order valence-corrected chi connectivity index (χ4v) is 4.39. The quantitative estimate of drug-likeness (QED) is 0.315. The highest BCUT2D eigenvalue weighted by atomic mass is 32.3. The van der Waals surface area contributed by atoms with Crippen molar-refractivity contribution in [2.45, 2.75) is 63.2 Å². The minimum Gasteiger partial charge on any atom is -0.297 e. The van der Waals surface area contributed by atoms with Crippen LogP contribution in [0.25, 0.3) is 0 Å². The first-order valence-corrected chi connectivity index (χ1v) is 10.5. The van der Waals surface area contributed by atoms with E-state index in [2.05, 4.69) is 0 Å². The van der Waals surface area contributed by atoms with Gasteiger partial charge in [0.25, 0.3) is 0 Å². The number of rotatable bonds is 7. The average molecular weight is 480 g/mol. The smallest absolute Gasteiger partial charge is 0.297 e. The van der Waals surface area contributed by atoms with E-state index in [1.807, 2.05) is 0 Å². The molecule has 29 heavy (non-hydrogen) atoms. The topological polar surface area (TPSA) is 102 Å². The van der Waals surface area contributed by atoms with Crippen LogP contribution in [0.4, 0.5) is 30.2 Å². The Balaban J connectivity index is 7.08. The van der Waals surface area contributed by atoms with Crippen LogP contribution in [0.1, 0.15) is 41.5 Å². The van der Waals surface area contributed by atoms with Gasteiger partial charge in [-0.3, -0.25) is 9.59 Å². The lowest BCUT2D eigenvalue weighted by Gasteiger charge is -2.34. The Hall–Kier alpha value is -1.25. The van der Waals surface area contributed by atoms with Crippen LogP contribution in [-0.4, -0.2) is 50.1 Å². The monoisotopic (exact) mass is 480 g/mol. The first-order valence-electron chi connectivity index (χ1n) is 7.58. The molecule has 0 heterocycles. The summed E-state index contributed by atoms with van der Waals surface area (Å²) in [5.74, 6) is -11.0. The lowest BCUT2D eigenvalue weighted by Crippen LogP contribution is -2.64. The third-order valence-corrected chi connectivity index (χ3v) is 6.55. The van der Waals surface area contributed by atoms with Crippen molar-refractivity contribution in [1.29, 1.82) is 0 Å². The summed E-state index contributed by atoms with van der Waals surface area (Å²) in [7, 11) is -14.9. The van der Waals surface area contributed by atoms with Gasteiger partial charge in [0.15, 0.2) is 16.8 Å². The lowest BCUT2D eigenvalue weighted by atomic mass is 9.81. The predicted octanol–water partition coefficient (Wildman–Crippen LogP) is 3.12. The van der Waals surface area contributed by atoms with Gasteiger partial charge in [0.05, 0.1) is 0 Å². The van der Waals surface area contributed by atoms with Gasteiger partial charge in [-0.25, -0.2) is 8.42 Å². The molecule has 0 aliphatic heterocycles. The number of carbonyl (C=O) groups is 2. The molecule has 172 valence electrons. The Morgan fingerprint density at radius 1 is 0.655 bits per heavy atom. The third-order valence-electron chi connectivity index (χ3n) is 3.66. The minimum absolute atomic E-state index is 0.935. The van der Waals surface area contributed by atoms with Gasteiger partial charge in [-0.15, -0.1) is 0 Å². The molecule has 15 heteroatoms. The van der Waals surface area contributed by atoms with Gasteiger partial charge in [-0.05, 0) is 0 Å². The van der Waals surface area contributed by atoms with Crippen LogP contribution in [0.3, 0.4) is 0 Å². The summed E-state index contributed by atoms with van der Waals surface area (Å²) in [6.07, 6.45) is 0. The Labute approximate surface area is 163 Å². The molecule has 0 aromatic carbocycles. The second-order valence-electron chi connectivity index (χ2n) is 8.20. The Morgan fingerprint density at radius 3 is 1.14 bits per heavy atom. The molecule has 0 aromatic heterocycles. The van der Waals surface area contributed by atoms with Crippen LogP contribution in [0.15, 0.2) is 0 Å². The summed E-state index contributed by atoms with van der Waals surface area (Å²) in [5.41, 5.74) is -3.81. The highest BCUT2D eigenvalue weighted by Crippen LogP contribution is 2.52. The van der Waals surface area contributed by atoms with Gasteiger partial charge in [-0.1, -0.05) is 45.4 Å². The normalized spacial score (nSPS) is 15.5. The number of carbonyl (C=O) groups excluding carboxylic acids is 2. The van der Waals surface area contributed by atoms with Gasteiger partial charge in [0, 0.05) is 10.8 Å². The van der Waals surface area contributed by atoms with Crippen LogP contribution in [-0.2, 0) is 29.6 Å². The Bertz CT molecular complexity index is 868. The van der Waals surface area contributed by atoms with E-state index in [9.17, 15) is 56.7 Å². The maximum atomic E-state index is 14.2. The van der Waals surface area contributed by atoms with Crippen LogP contribution >= 0.6 is 0 Å². The maximum absolute atomic E-state index is 14.2. The molecule has 0 aromatic rings. The number of hydrogen-bond acceptors (Lipinski definition) is 6. The van der Waals surface area contributed by atoms with E-state index in [1.54, 1.807) is 0 Å². The summed E-state index contributed by atoms with van der Waals surface area (Å²) >= 11 is 0. The predicted molar refractivity (Wildman–Crippen MR) is 86.5 cm³/mol. The fraction of sp³-hybridized carbons (Fsp3) is 0.857. The van der Waals surface area contributed by atoms with E-state index in [0.717, 1.165) is 41.5 Å². The van der Waals surface area contributed by atoms with Gasteiger partial charge in [-0.2, -0.15) is 34.8 Å². The number of alkyl halides is 6. The molecule has 0 rings (SSSR count). The van der Waals surface area contributed by atoms with Gasteiger partial charge >= 0.3 is 26.7 Å². The largest absolute Gasteiger partial charge is 0.443 e. The molecule has 0 aliphatic rings. The standard InChI is InChI=1S/C14H19F7O6S2/c1-10(2,3)8(22)7(9(23)11(4,5)6)28(24,25)13(17,18)12(15,16)14(19,20)29(21,26)27/h7H,1-6H3. The van der Waals surface area contributed by atoms with Gasteiger partial charge < -0.3 is 0 Å². The first-order chi connectivity index (χ1) is 12.2. The molecule has 0 radical (unpaired) electrons. The van der Waals surface area contributed by atoms with Crippen molar-refractivity contribution in [2.75, 3.05) is 0 Å². The summed E-state index contributed by atoms with van der Waals surface area (Å²) in [6.45, 7) is 5.61. The summed E-state index contributed by atoms with van der Waals surface area (Å²) in [6, 6.07) is 0. The number of sulfone groups is 1. The highest BCUT2D eigenvalue weighted by molar-refractivity contribution is 7.94. The second kappa shape index (κ2) is 7.17. The molecule has 0 atom stereocenters. The molecule has 0 aliphatic carbocycles. The van der Waals surface area contributed by atoms with Gasteiger partial charge in [0.1, 0.15) is 0 Å². The van der Waals surface area contributed by atoms with Crippen LogP contribution in [0, 0.1) is 10.8 Å². The number of halogens is 7. The number of hydrogen-bond donors (Lipinski definition) is 0. The fourth-order valence-electron chi connectivity index (χ4n) is 1.84. The molecule has 0 bridgehead atoms. The molecule has 0 saturated heterocycles. The summed E-state index contributed by atoms with van der Waals surface area (Å²) in [4.78, 5) is 24.7. The van der Waals surface area contributed by atoms with Crippen molar-refractivity contribution in [3.05, 3.63) is 0 Å². The van der Waals surface area contributed by atoms with Crippen LogP contribution in [0.2, 0.25) is 0 Å². The zero-order chi connectivity index (χ0) is 24.2. The molecule has 0 fully saturated rings. The van der Waals surface area contributed by atoms with E-state index < -0.39 is 64.1 Å². The molecule has 0 N–H and O–H groups in total. The van der Waals surface area contributed by atoms with E-state index in [-0.39, 0.29) is 0 Å². The number of Topliss-reactive ketones (excluding diaryl/α,β-unsaturated/α-hetero) is 2. The molecule has 0 spiro atoms. The second-order valence-corrected chi connectivity index (χ2v) is 11.7. The van der Waals surface area contributed by atoms with Crippen molar-refractivity contribution < 1.29 is 56.7 Å². The van der Waals surface area contributed by atoms with E-state index in [1.165, 1.54) is 0 Å². The Morgan fingerprint density at radius 2 is 0.931 bits per heavy atom. The van der Waals surface area contributed by atoms with E-state index >= 15 is 0 Å². The molecular formula is C14H19F7O6S2. The zero-order valence-corrected chi connectivity index (χ0v) is 17.6. The van der Waals surface area contributed by atoms with Crippen molar-refractivity contribution in [3.63, 3.8) is 0 Å².